The normalized spacial score (nSPS) is 25.0. The maximum absolute atomic E-state index is 13.2. The van der Waals surface area contributed by atoms with Crippen LogP contribution in [0.5, 0.6) is 0 Å². The molecule has 1 aliphatic carbocycles. The van der Waals surface area contributed by atoms with Gasteiger partial charge < -0.3 is 10.2 Å². The van der Waals surface area contributed by atoms with Gasteiger partial charge in [-0.3, -0.25) is 0 Å². The average Bonchev–Trinajstić information content (AvgIpc) is 2.61. The summed E-state index contributed by atoms with van der Waals surface area (Å²) in [5, 5.41) is 2.84. The quantitative estimate of drug-likeness (QED) is 0.705. The van der Waals surface area contributed by atoms with Gasteiger partial charge in [-0.15, -0.1) is 0 Å². The second-order valence-electron chi connectivity index (χ2n) is 7.85. The maximum atomic E-state index is 13.2. The van der Waals surface area contributed by atoms with E-state index in [1.54, 1.807) is 0 Å². The van der Waals surface area contributed by atoms with Crippen molar-refractivity contribution in [2.75, 3.05) is 18.4 Å². The SMILES string of the molecule is CC1CCC(CC2CCN(C(=O)Nc3ccc(F)c(Cl)c3)CC2)CC1. The fourth-order valence-electron chi connectivity index (χ4n) is 4.18. The predicted octanol–water partition coefficient (Wildman–Crippen LogP) is 5.94. The number of amides is 2. The Kier molecular flexibility index (Phi) is 6.21. The number of piperidine rings is 1. The van der Waals surface area contributed by atoms with Crippen LogP contribution in [0.15, 0.2) is 18.2 Å². The predicted molar refractivity (Wildman–Crippen MR) is 100 cm³/mol. The standard InChI is InChI=1S/C20H28ClFN2O/c1-14-2-4-15(5-3-14)12-16-8-10-24(11-9-16)20(25)23-17-6-7-19(22)18(21)13-17/h6-7,13-16H,2-5,8-12H2,1H3,(H,23,25). The summed E-state index contributed by atoms with van der Waals surface area (Å²) in [6.45, 7) is 3.96. The molecular formula is C20H28ClFN2O. The molecule has 2 amide bonds. The van der Waals surface area contributed by atoms with E-state index in [1.165, 1.54) is 50.3 Å². The molecule has 0 unspecified atom stereocenters. The summed E-state index contributed by atoms with van der Waals surface area (Å²) in [5.74, 6) is 2.07. The van der Waals surface area contributed by atoms with E-state index in [-0.39, 0.29) is 11.1 Å². The summed E-state index contributed by atoms with van der Waals surface area (Å²) in [7, 11) is 0. The van der Waals surface area contributed by atoms with Gasteiger partial charge in [0.05, 0.1) is 5.02 Å². The fourth-order valence-corrected chi connectivity index (χ4v) is 4.36. The lowest BCUT2D eigenvalue weighted by atomic mass is 9.77. The van der Waals surface area contributed by atoms with Crippen LogP contribution < -0.4 is 5.32 Å². The zero-order valence-electron chi connectivity index (χ0n) is 14.9. The van der Waals surface area contributed by atoms with Crippen LogP contribution in [0.25, 0.3) is 0 Å². The first-order valence-corrected chi connectivity index (χ1v) is 9.90. The second kappa shape index (κ2) is 8.39. The number of halogens is 2. The van der Waals surface area contributed by atoms with E-state index in [2.05, 4.69) is 12.2 Å². The Morgan fingerprint density at radius 1 is 1.16 bits per heavy atom. The number of benzene rings is 1. The summed E-state index contributed by atoms with van der Waals surface area (Å²) in [4.78, 5) is 14.2. The van der Waals surface area contributed by atoms with E-state index < -0.39 is 5.82 Å². The van der Waals surface area contributed by atoms with E-state index in [0.29, 0.717) is 5.69 Å². The number of nitrogens with one attached hydrogen (secondary N) is 1. The lowest BCUT2D eigenvalue weighted by Crippen LogP contribution is -2.41. The molecule has 1 heterocycles. The van der Waals surface area contributed by atoms with Crippen molar-refractivity contribution in [2.45, 2.75) is 51.9 Å². The highest BCUT2D eigenvalue weighted by atomic mass is 35.5. The molecule has 3 nitrogen and oxygen atoms in total. The molecule has 3 rings (SSSR count). The van der Waals surface area contributed by atoms with Gasteiger partial charge in [0.1, 0.15) is 5.82 Å². The number of nitrogens with zero attached hydrogens (tertiary/aromatic N) is 1. The van der Waals surface area contributed by atoms with Crippen LogP contribution in [0.2, 0.25) is 5.02 Å². The average molecular weight is 367 g/mol. The number of carbonyl (C=O) groups is 1. The third-order valence-electron chi connectivity index (χ3n) is 5.87. The molecule has 0 bridgehead atoms. The largest absolute Gasteiger partial charge is 0.325 e. The van der Waals surface area contributed by atoms with Crippen LogP contribution in [-0.4, -0.2) is 24.0 Å². The van der Waals surface area contributed by atoms with Gasteiger partial charge in [0, 0.05) is 18.8 Å². The number of likely N-dealkylation sites (tertiary alicyclic amines) is 1. The molecule has 2 fully saturated rings. The van der Waals surface area contributed by atoms with Gasteiger partial charge in [-0.25, -0.2) is 9.18 Å². The van der Waals surface area contributed by atoms with Gasteiger partial charge >= 0.3 is 6.03 Å². The van der Waals surface area contributed by atoms with Crippen LogP contribution in [0.4, 0.5) is 14.9 Å². The number of rotatable bonds is 3. The Hall–Kier alpha value is -1.29. The number of hydrogen-bond acceptors (Lipinski definition) is 1. The van der Waals surface area contributed by atoms with E-state index in [1.807, 2.05) is 4.90 Å². The first kappa shape index (κ1) is 18.5. The van der Waals surface area contributed by atoms with E-state index in [9.17, 15) is 9.18 Å². The number of anilines is 1. The summed E-state index contributed by atoms with van der Waals surface area (Å²) < 4.78 is 13.2. The number of urea groups is 1. The van der Waals surface area contributed by atoms with Gasteiger partial charge in [0.25, 0.3) is 0 Å². The van der Waals surface area contributed by atoms with Crippen LogP contribution >= 0.6 is 11.6 Å². The third-order valence-corrected chi connectivity index (χ3v) is 6.16. The monoisotopic (exact) mass is 366 g/mol. The molecule has 0 spiro atoms. The minimum absolute atomic E-state index is 0.0262. The third kappa shape index (κ3) is 5.10. The number of hydrogen-bond donors (Lipinski definition) is 1. The summed E-state index contributed by atoms with van der Waals surface area (Å²) in [6, 6.07) is 4.14. The van der Waals surface area contributed by atoms with Gasteiger partial charge in [0.2, 0.25) is 0 Å². The molecular weight excluding hydrogens is 339 g/mol. The topological polar surface area (TPSA) is 32.3 Å². The fraction of sp³-hybridized carbons (Fsp3) is 0.650. The Labute approximate surface area is 154 Å². The van der Waals surface area contributed by atoms with Crippen molar-refractivity contribution in [3.8, 4) is 0 Å². The van der Waals surface area contributed by atoms with E-state index in [4.69, 9.17) is 11.6 Å². The lowest BCUT2D eigenvalue weighted by Gasteiger charge is -2.35. The molecule has 1 aromatic rings. The Balaban J connectivity index is 1.43. The van der Waals surface area contributed by atoms with Crippen molar-refractivity contribution in [1.82, 2.24) is 4.90 Å². The van der Waals surface area contributed by atoms with Crippen molar-refractivity contribution in [1.29, 1.82) is 0 Å². The van der Waals surface area contributed by atoms with Crippen LogP contribution in [0.3, 0.4) is 0 Å². The number of carbonyl (C=O) groups excluding carboxylic acids is 1. The Morgan fingerprint density at radius 3 is 2.44 bits per heavy atom. The maximum Gasteiger partial charge on any atom is 0.321 e. The highest BCUT2D eigenvalue weighted by Gasteiger charge is 2.26. The molecule has 1 aromatic carbocycles. The first-order valence-electron chi connectivity index (χ1n) is 9.52. The Bertz CT molecular complexity index is 593. The molecule has 138 valence electrons. The van der Waals surface area contributed by atoms with Crippen molar-refractivity contribution >= 4 is 23.3 Å². The van der Waals surface area contributed by atoms with Gasteiger partial charge in [-0.05, 0) is 55.2 Å². The van der Waals surface area contributed by atoms with Gasteiger partial charge in [0.15, 0.2) is 0 Å². The van der Waals surface area contributed by atoms with Crippen molar-refractivity contribution < 1.29 is 9.18 Å². The molecule has 0 aromatic heterocycles. The van der Waals surface area contributed by atoms with Gasteiger partial charge in [-0.2, -0.15) is 0 Å². The lowest BCUT2D eigenvalue weighted by molar-refractivity contribution is 0.162. The molecule has 0 atom stereocenters. The molecule has 2 aliphatic rings. The highest BCUT2D eigenvalue weighted by molar-refractivity contribution is 6.31. The van der Waals surface area contributed by atoms with Crippen LogP contribution in [0.1, 0.15) is 51.9 Å². The minimum Gasteiger partial charge on any atom is -0.325 e. The molecule has 1 saturated carbocycles. The van der Waals surface area contributed by atoms with Crippen LogP contribution in [-0.2, 0) is 0 Å². The van der Waals surface area contributed by atoms with Crippen molar-refractivity contribution in [2.24, 2.45) is 17.8 Å². The minimum atomic E-state index is -0.474. The summed E-state index contributed by atoms with van der Waals surface area (Å²) >= 11 is 5.76. The smallest absolute Gasteiger partial charge is 0.321 e. The first-order chi connectivity index (χ1) is 12.0. The molecule has 25 heavy (non-hydrogen) atoms. The van der Waals surface area contributed by atoms with Crippen molar-refractivity contribution in [3.63, 3.8) is 0 Å². The van der Waals surface area contributed by atoms with Gasteiger partial charge in [-0.1, -0.05) is 44.2 Å². The zero-order chi connectivity index (χ0) is 17.8. The summed E-state index contributed by atoms with van der Waals surface area (Å²) in [6.07, 6.45) is 9.03. The Morgan fingerprint density at radius 2 is 1.80 bits per heavy atom. The molecule has 0 radical (unpaired) electrons. The van der Waals surface area contributed by atoms with E-state index in [0.717, 1.165) is 43.7 Å². The molecule has 1 aliphatic heterocycles. The van der Waals surface area contributed by atoms with Crippen LogP contribution in [0, 0.1) is 23.6 Å². The molecule has 1 saturated heterocycles. The molecule has 5 heteroatoms. The highest BCUT2D eigenvalue weighted by Crippen LogP contribution is 2.35. The summed E-state index contributed by atoms with van der Waals surface area (Å²) in [5.41, 5.74) is 0.537. The zero-order valence-corrected chi connectivity index (χ0v) is 15.7. The van der Waals surface area contributed by atoms with E-state index >= 15 is 0 Å². The second-order valence-corrected chi connectivity index (χ2v) is 8.26. The van der Waals surface area contributed by atoms with Crippen molar-refractivity contribution in [3.05, 3.63) is 29.0 Å². The molecule has 1 N–H and O–H groups in total.